The molecule has 0 radical (unpaired) electrons. The molecule has 28 heavy (non-hydrogen) atoms. The Morgan fingerprint density at radius 3 is 2.64 bits per heavy atom. The number of aromatic nitrogens is 1. The number of nitrogens with one attached hydrogen (secondary N) is 1. The van der Waals surface area contributed by atoms with Gasteiger partial charge < -0.3 is 14.8 Å². The van der Waals surface area contributed by atoms with E-state index in [1.54, 1.807) is 38.3 Å². The molecule has 0 unspecified atom stereocenters. The topological polar surface area (TPSA) is 77.5 Å². The van der Waals surface area contributed by atoms with Crippen LogP contribution in [0.1, 0.15) is 16.1 Å². The van der Waals surface area contributed by atoms with E-state index < -0.39 is 30.1 Å². The van der Waals surface area contributed by atoms with Gasteiger partial charge in [0.25, 0.3) is 5.91 Å². The van der Waals surface area contributed by atoms with E-state index in [9.17, 15) is 18.4 Å². The summed E-state index contributed by atoms with van der Waals surface area (Å²) in [6.07, 6.45) is 0. The molecule has 144 valence electrons. The molecule has 0 aliphatic heterocycles. The molecular weight excluding hydrogens is 370 g/mol. The van der Waals surface area contributed by atoms with Crippen LogP contribution in [0.15, 0.2) is 42.5 Å². The molecule has 0 aliphatic rings. The van der Waals surface area contributed by atoms with Crippen molar-refractivity contribution in [3.63, 3.8) is 0 Å². The molecule has 0 atom stereocenters. The van der Waals surface area contributed by atoms with E-state index in [1.807, 2.05) is 0 Å². The maximum atomic E-state index is 13.5. The van der Waals surface area contributed by atoms with Gasteiger partial charge in [0, 0.05) is 17.5 Å². The molecule has 1 aromatic heterocycles. The number of amides is 1. The van der Waals surface area contributed by atoms with Gasteiger partial charge in [-0.15, -0.1) is 0 Å². The van der Waals surface area contributed by atoms with Gasteiger partial charge in [-0.1, -0.05) is 0 Å². The molecule has 0 fully saturated rings. The first kappa shape index (κ1) is 19.2. The van der Waals surface area contributed by atoms with Crippen LogP contribution in [0.4, 0.5) is 14.5 Å². The Bertz CT molecular complexity index is 1070. The van der Waals surface area contributed by atoms with Crippen molar-refractivity contribution < 1.29 is 27.8 Å². The summed E-state index contributed by atoms with van der Waals surface area (Å²) >= 11 is 0. The van der Waals surface area contributed by atoms with Gasteiger partial charge in [-0.3, -0.25) is 9.78 Å². The number of hydrogen-bond acceptors (Lipinski definition) is 5. The van der Waals surface area contributed by atoms with Crippen LogP contribution in [0.5, 0.6) is 5.75 Å². The van der Waals surface area contributed by atoms with Crippen LogP contribution < -0.4 is 10.1 Å². The average Bonchev–Trinajstić information content (AvgIpc) is 2.68. The molecule has 0 aliphatic carbocycles. The second-order valence-corrected chi connectivity index (χ2v) is 5.93. The number of esters is 1. The number of halogens is 2. The van der Waals surface area contributed by atoms with E-state index in [-0.39, 0.29) is 11.3 Å². The lowest BCUT2D eigenvalue weighted by Gasteiger charge is -2.10. The van der Waals surface area contributed by atoms with Gasteiger partial charge in [0.15, 0.2) is 6.61 Å². The minimum absolute atomic E-state index is 0.197. The summed E-state index contributed by atoms with van der Waals surface area (Å²) in [6.45, 7) is 0.979. The monoisotopic (exact) mass is 386 g/mol. The lowest BCUT2D eigenvalue weighted by molar-refractivity contribution is -0.119. The van der Waals surface area contributed by atoms with Crippen LogP contribution in [0.3, 0.4) is 0 Å². The van der Waals surface area contributed by atoms with Crippen LogP contribution >= 0.6 is 0 Å². The lowest BCUT2D eigenvalue weighted by Crippen LogP contribution is -2.22. The second-order valence-electron chi connectivity index (χ2n) is 5.93. The van der Waals surface area contributed by atoms with Crippen molar-refractivity contribution in [2.75, 3.05) is 19.0 Å². The van der Waals surface area contributed by atoms with E-state index >= 15 is 0 Å². The van der Waals surface area contributed by atoms with E-state index in [0.717, 1.165) is 18.2 Å². The zero-order valence-corrected chi connectivity index (χ0v) is 15.1. The summed E-state index contributed by atoms with van der Waals surface area (Å²) in [6, 6.07) is 9.46. The molecule has 2 aromatic carbocycles. The highest BCUT2D eigenvalue weighted by atomic mass is 19.1. The third-order valence-corrected chi connectivity index (χ3v) is 3.97. The third kappa shape index (κ3) is 4.22. The Hall–Kier alpha value is -3.55. The van der Waals surface area contributed by atoms with Crippen molar-refractivity contribution in [1.29, 1.82) is 0 Å². The molecule has 1 N–H and O–H groups in total. The van der Waals surface area contributed by atoms with Gasteiger partial charge in [-0.05, 0) is 37.3 Å². The number of anilines is 1. The zero-order chi connectivity index (χ0) is 20.3. The number of aryl methyl sites for hydroxylation is 1. The molecular formula is C20H16F2N2O4. The second kappa shape index (κ2) is 7.99. The minimum atomic E-state index is -0.800. The van der Waals surface area contributed by atoms with Crippen molar-refractivity contribution >= 4 is 28.5 Å². The van der Waals surface area contributed by atoms with Gasteiger partial charge >= 0.3 is 5.97 Å². The highest BCUT2D eigenvalue weighted by Crippen LogP contribution is 2.22. The average molecular weight is 386 g/mol. The largest absolute Gasteiger partial charge is 0.497 e. The van der Waals surface area contributed by atoms with Gasteiger partial charge in [0.1, 0.15) is 17.4 Å². The number of fused-ring (bicyclic) bond motifs is 1. The van der Waals surface area contributed by atoms with Crippen LogP contribution in [-0.4, -0.2) is 30.6 Å². The maximum Gasteiger partial charge on any atom is 0.340 e. The third-order valence-electron chi connectivity index (χ3n) is 3.97. The van der Waals surface area contributed by atoms with Gasteiger partial charge in [-0.2, -0.15) is 0 Å². The van der Waals surface area contributed by atoms with Crippen LogP contribution in [0, 0.1) is 18.6 Å². The first-order valence-electron chi connectivity index (χ1n) is 8.25. The molecule has 1 amide bonds. The smallest absolute Gasteiger partial charge is 0.340 e. The predicted molar refractivity (Wildman–Crippen MR) is 98.3 cm³/mol. The number of benzene rings is 2. The van der Waals surface area contributed by atoms with Crippen molar-refractivity contribution in [3.05, 3.63) is 65.4 Å². The SMILES string of the molecule is COc1ccc2cc(C(=O)OCC(=O)Nc3cc(F)ccc3F)c(C)nc2c1. The summed E-state index contributed by atoms with van der Waals surface area (Å²) in [4.78, 5) is 28.5. The number of rotatable bonds is 5. The normalized spacial score (nSPS) is 10.6. The number of ether oxygens (including phenoxy) is 2. The number of methoxy groups -OCH3 is 1. The van der Waals surface area contributed by atoms with Gasteiger partial charge in [-0.25, -0.2) is 13.6 Å². The molecule has 0 spiro atoms. The number of nitrogens with zero attached hydrogens (tertiary/aromatic N) is 1. The summed E-state index contributed by atoms with van der Waals surface area (Å²) in [5.74, 6) is -2.42. The first-order valence-corrected chi connectivity index (χ1v) is 8.25. The summed E-state index contributed by atoms with van der Waals surface area (Å²) in [5, 5.41) is 2.85. The van der Waals surface area contributed by atoms with Crippen LogP contribution in [0.2, 0.25) is 0 Å². The summed E-state index contributed by atoms with van der Waals surface area (Å²) in [7, 11) is 1.54. The van der Waals surface area contributed by atoms with Gasteiger partial charge in [0.05, 0.1) is 29.6 Å². The fourth-order valence-electron chi connectivity index (χ4n) is 2.57. The highest BCUT2D eigenvalue weighted by Gasteiger charge is 2.16. The van der Waals surface area contributed by atoms with E-state index in [2.05, 4.69) is 10.3 Å². The molecule has 0 saturated heterocycles. The van der Waals surface area contributed by atoms with Crippen molar-refractivity contribution in [2.24, 2.45) is 0 Å². The van der Waals surface area contributed by atoms with Crippen LogP contribution in [0.25, 0.3) is 10.9 Å². The maximum absolute atomic E-state index is 13.5. The van der Waals surface area contributed by atoms with Crippen molar-refractivity contribution in [1.82, 2.24) is 4.98 Å². The number of carbonyl (C=O) groups is 2. The van der Waals surface area contributed by atoms with Crippen LogP contribution in [-0.2, 0) is 9.53 Å². The van der Waals surface area contributed by atoms with E-state index in [0.29, 0.717) is 22.3 Å². The Balaban J connectivity index is 1.69. The van der Waals surface area contributed by atoms with Gasteiger partial charge in [0.2, 0.25) is 0 Å². The molecule has 1 heterocycles. The standard InChI is InChI=1S/C20H16F2N2O4/c1-11-15(7-12-3-5-14(27-2)9-17(12)23-11)20(26)28-10-19(25)24-18-8-13(21)4-6-16(18)22/h3-9H,10H2,1-2H3,(H,24,25). The highest BCUT2D eigenvalue weighted by molar-refractivity contribution is 5.98. The van der Waals surface area contributed by atoms with E-state index in [1.165, 1.54) is 0 Å². The summed E-state index contributed by atoms with van der Waals surface area (Å²) < 4.78 is 36.8. The van der Waals surface area contributed by atoms with Crippen molar-refractivity contribution in [2.45, 2.75) is 6.92 Å². The number of pyridine rings is 1. The van der Waals surface area contributed by atoms with Crippen molar-refractivity contribution in [3.8, 4) is 5.75 Å². The summed E-state index contributed by atoms with van der Waals surface area (Å²) in [5.41, 5.74) is 0.927. The molecule has 8 heteroatoms. The van der Waals surface area contributed by atoms with E-state index in [4.69, 9.17) is 9.47 Å². The first-order chi connectivity index (χ1) is 13.4. The molecule has 6 nitrogen and oxygen atoms in total. The number of carbonyl (C=O) groups excluding carboxylic acids is 2. The fourth-order valence-corrected chi connectivity index (χ4v) is 2.57. The minimum Gasteiger partial charge on any atom is -0.497 e. The Labute approximate surface area is 159 Å². The Morgan fingerprint density at radius 1 is 1.11 bits per heavy atom. The molecule has 3 aromatic rings. The lowest BCUT2D eigenvalue weighted by atomic mass is 10.1. The molecule has 0 bridgehead atoms. The Morgan fingerprint density at radius 2 is 1.89 bits per heavy atom. The quantitative estimate of drug-likeness (QED) is 0.678. The Kier molecular flexibility index (Phi) is 5.49. The fraction of sp³-hybridized carbons (Fsp3) is 0.150. The molecule has 0 saturated carbocycles. The number of hydrogen-bond donors (Lipinski definition) is 1. The predicted octanol–water partition coefficient (Wildman–Crippen LogP) is 3.63. The zero-order valence-electron chi connectivity index (χ0n) is 15.1. The molecule has 3 rings (SSSR count).